The Balaban J connectivity index is 0.000000162. The van der Waals surface area contributed by atoms with E-state index in [1.165, 1.54) is 12.3 Å². The summed E-state index contributed by atoms with van der Waals surface area (Å²) in [7, 11) is 0. The van der Waals surface area contributed by atoms with Crippen LogP contribution in [-0.4, -0.2) is 75.2 Å². The van der Waals surface area contributed by atoms with E-state index in [1.54, 1.807) is 12.5 Å². The Morgan fingerprint density at radius 2 is 0.813 bits per heavy atom. The fourth-order valence-corrected chi connectivity index (χ4v) is 9.79. The van der Waals surface area contributed by atoms with Crippen LogP contribution in [0.15, 0.2) is 134 Å². The minimum atomic E-state index is -1.75. The summed E-state index contributed by atoms with van der Waals surface area (Å²) in [5, 5.41) is 11.7. The van der Waals surface area contributed by atoms with E-state index < -0.39 is 133 Å². The molecule has 0 atom stereocenters. The number of anilines is 2. The third kappa shape index (κ3) is 13.5. The van der Waals surface area contributed by atoms with Gasteiger partial charge >= 0.3 is 5.97 Å². The predicted molar refractivity (Wildman–Crippen MR) is 305 cm³/mol. The number of aldehydes is 1. The standard InChI is InChI=1S/C21H10F5N3O3S.C20H10F5N3OS.C18H10F5N3OS/c1-33-21-27-16(10-3-2-8(22)4-13(10)24)11-7-12(20(31)32)19(30)29(18(11)28-21)17-14(25)5-9(23)6-15(17)26;1-30-20-26-17(11-3-2-9(21)6-13(11)23)12-4-5-16(29)28(19(12)27-20)18-14(24)7-10(22)8-15(18)25;1-28-18-25-15(10-3-2-8(19)4-12(10)21)11(7-27)17(26-18)24-16-13(22)5-9(20)6-14(16)23/h2-7H,1H3,(H,31,32);2-8H,1H3;2-7H,1H3,(H,24,25,26). The Kier molecular flexibility index (Phi) is 19.4. The number of hydrogen-bond acceptors (Lipinski definition) is 14. The minimum absolute atomic E-state index is 0.00136. The number of aromatic nitrogens is 8. The number of aromatic carboxylic acids is 1. The maximum atomic E-state index is 14.6. The molecule has 11 aromatic rings. The summed E-state index contributed by atoms with van der Waals surface area (Å²) in [4.78, 5) is 73.5. The van der Waals surface area contributed by atoms with E-state index >= 15 is 0 Å². The van der Waals surface area contributed by atoms with Gasteiger partial charge in [-0.1, -0.05) is 35.3 Å². The first-order valence-electron chi connectivity index (χ1n) is 25.0. The maximum Gasteiger partial charge on any atom is 0.341 e. The molecule has 6 aromatic carbocycles. The van der Waals surface area contributed by atoms with Crippen molar-refractivity contribution in [3.63, 3.8) is 0 Å². The van der Waals surface area contributed by atoms with Gasteiger partial charge in [-0.15, -0.1) is 0 Å². The van der Waals surface area contributed by atoms with Crippen molar-refractivity contribution in [1.82, 2.24) is 39.0 Å². The third-order valence-electron chi connectivity index (χ3n) is 12.6. The monoisotopic (exact) mass is 1330 g/mol. The SMILES string of the molecule is CSc1nc(-c2ccc(F)cc2F)c2cc(C(=O)O)c(=O)n(-c3c(F)cc(F)cc3F)c2n1.CSc1nc(-c2ccc(F)cc2F)c2ccc(=O)n(-c3c(F)cc(F)cc3F)c2n1.CSc1nc(Nc2c(F)cc(F)cc2F)c(C=O)c(-c2ccc(F)cc2F)n1. The fourth-order valence-electron chi connectivity index (χ4n) is 8.70. The first-order chi connectivity index (χ1) is 43.2. The molecular weight excluding hydrogens is 1300 g/mol. The minimum Gasteiger partial charge on any atom is -0.477 e. The highest BCUT2D eigenvalue weighted by Crippen LogP contribution is 2.36. The van der Waals surface area contributed by atoms with Gasteiger partial charge in [0.05, 0.1) is 22.6 Å². The van der Waals surface area contributed by atoms with Crippen molar-refractivity contribution in [2.45, 2.75) is 15.5 Å². The molecule has 0 saturated heterocycles. The molecule has 0 bridgehead atoms. The zero-order valence-electron chi connectivity index (χ0n) is 45.5. The van der Waals surface area contributed by atoms with E-state index in [9.17, 15) is 90.1 Å². The Morgan fingerprint density at radius 1 is 0.440 bits per heavy atom. The van der Waals surface area contributed by atoms with E-state index in [1.807, 2.05) is 0 Å². The molecule has 91 heavy (non-hydrogen) atoms. The topological polar surface area (TPSA) is 188 Å². The van der Waals surface area contributed by atoms with Crippen molar-refractivity contribution in [1.29, 1.82) is 0 Å². The van der Waals surface area contributed by atoms with Crippen molar-refractivity contribution >= 4 is 81.1 Å². The van der Waals surface area contributed by atoms with Gasteiger partial charge in [-0.3, -0.25) is 23.5 Å². The fraction of sp³-hybridized carbons (Fsp3) is 0.0508. The number of carbonyl (C=O) groups excluding carboxylic acids is 1. The summed E-state index contributed by atoms with van der Waals surface area (Å²) in [6.07, 6.45) is 4.99. The van der Waals surface area contributed by atoms with Crippen molar-refractivity contribution in [3.8, 4) is 45.1 Å². The number of halogens is 15. The lowest BCUT2D eigenvalue weighted by molar-refractivity contribution is 0.0694. The summed E-state index contributed by atoms with van der Waals surface area (Å²) in [6.45, 7) is 0. The molecule has 464 valence electrons. The van der Waals surface area contributed by atoms with E-state index in [4.69, 9.17) is 0 Å². The molecular formula is C59H30F15N9O5S3. The Hall–Kier alpha value is -10.1. The van der Waals surface area contributed by atoms with Gasteiger partial charge in [-0.25, -0.2) is 101 Å². The number of carboxylic acid groups (broad SMARTS) is 1. The van der Waals surface area contributed by atoms with Gasteiger partial charge in [-0.05, 0) is 67.3 Å². The molecule has 0 aliphatic carbocycles. The lowest BCUT2D eigenvalue weighted by Gasteiger charge is -2.16. The highest BCUT2D eigenvalue weighted by Gasteiger charge is 2.28. The van der Waals surface area contributed by atoms with Gasteiger partial charge in [0.2, 0.25) is 0 Å². The lowest BCUT2D eigenvalue weighted by Crippen LogP contribution is -2.28. The number of rotatable bonds is 12. The molecule has 2 N–H and O–H groups in total. The van der Waals surface area contributed by atoms with Crippen LogP contribution in [0.4, 0.5) is 77.4 Å². The van der Waals surface area contributed by atoms with Gasteiger partial charge in [0.25, 0.3) is 11.1 Å². The summed E-state index contributed by atoms with van der Waals surface area (Å²) < 4.78 is 210. The van der Waals surface area contributed by atoms with Gasteiger partial charge in [-0.2, -0.15) is 0 Å². The summed E-state index contributed by atoms with van der Waals surface area (Å²) in [6, 6.07) is 13.5. The van der Waals surface area contributed by atoms with Crippen LogP contribution in [0.1, 0.15) is 20.7 Å². The number of carboxylic acids is 1. The first-order valence-corrected chi connectivity index (χ1v) is 28.6. The molecule has 0 amide bonds. The number of hydrogen-bond donors (Lipinski definition) is 2. The normalized spacial score (nSPS) is 11.1. The second kappa shape index (κ2) is 26.9. The zero-order chi connectivity index (χ0) is 66.0. The number of thioether (sulfide) groups is 3. The quantitative estimate of drug-likeness (QED) is 0.0508. The van der Waals surface area contributed by atoms with Gasteiger partial charge < -0.3 is 10.4 Å². The molecule has 0 aliphatic rings. The highest BCUT2D eigenvalue weighted by molar-refractivity contribution is 7.98. The molecule has 0 saturated carbocycles. The summed E-state index contributed by atoms with van der Waals surface area (Å²) in [5.74, 6) is -19.3. The second-order valence-electron chi connectivity index (χ2n) is 18.2. The van der Waals surface area contributed by atoms with Crippen LogP contribution in [0.25, 0.3) is 67.2 Å². The van der Waals surface area contributed by atoms with Crippen LogP contribution in [0.5, 0.6) is 0 Å². The Morgan fingerprint density at radius 3 is 1.23 bits per heavy atom. The molecule has 0 fully saturated rings. The van der Waals surface area contributed by atoms with Gasteiger partial charge in [0.15, 0.2) is 68.0 Å². The van der Waals surface area contributed by atoms with E-state index in [0.29, 0.717) is 63.7 Å². The van der Waals surface area contributed by atoms with Crippen molar-refractivity contribution in [3.05, 3.63) is 228 Å². The molecule has 11 rings (SSSR count). The van der Waals surface area contributed by atoms with Crippen molar-refractivity contribution < 1.29 is 80.6 Å². The van der Waals surface area contributed by atoms with Crippen LogP contribution in [0.2, 0.25) is 0 Å². The third-order valence-corrected chi connectivity index (χ3v) is 14.3. The van der Waals surface area contributed by atoms with Crippen LogP contribution < -0.4 is 16.4 Å². The van der Waals surface area contributed by atoms with Crippen molar-refractivity contribution in [2.24, 2.45) is 0 Å². The van der Waals surface area contributed by atoms with Gasteiger partial charge in [0.1, 0.15) is 80.8 Å². The predicted octanol–water partition coefficient (Wildman–Crippen LogP) is 14.5. The van der Waals surface area contributed by atoms with Crippen LogP contribution in [0, 0.1) is 87.3 Å². The molecule has 5 aromatic heterocycles. The molecule has 0 aliphatic heterocycles. The van der Waals surface area contributed by atoms with E-state index in [2.05, 4.69) is 35.2 Å². The number of pyridine rings is 2. The highest BCUT2D eigenvalue weighted by atomic mass is 32.2. The average molecular weight is 1330 g/mol. The lowest BCUT2D eigenvalue weighted by atomic mass is 10.1. The first kappa shape index (κ1) is 65.4. The number of nitrogens with one attached hydrogen (secondary N) is 1. The summed E-state index contributed by atoms with van der Waals surface area (Å²) in [5.41, 5.74) is -7.82. The summed E-state index contributed by atoms with van der Waals surface area (Å²) >= 11 is 2.99. The molecule has 0 radical (unpaired) electrons. The van der Waals surface area contributed by atoms with Crippen molar-refractivity contribution in [2.75, 3.05) is 24.1 Å². The van der Waals surface area contributed by atoms with Crippen LogP contribution >= 0.6 is 35.3 Å². The maximum absolute atomic E-state index is 14.6. The smallest absolute Gasteiger partial charge is 0.341 e. The molecule has 0 spiro atoms. The van der Waals surface area contributed by atoms with Crippen LogP contribution in [-0.2, 0) is 0 Å². The largest absolute Gasteiger partial charge is 0.477 e. The van der Waals surface area contributed by atoms with Gasteiger partial charge in [0, 0.05) is 88.1 Å². The number of nitrogens with zero attached hydrogens (tertiary/aromatic N) is 8. The number of benzene rings is 6. The molecule has 32 heteroatoms. The average Bonchev–Trinajstić information content (AvgIpc) is 0.770. The Bertz CT molecular complexity index is 4860. The molecule has 14 nitrogen and oxygen atoms in total. The number of fused-ring (bicyclic) bond motifs is 2. The molecule has 5 heterocycles. The molecule has 0 unspecified atom stereocenters. The van der Waals surface area contributed by atoms with E-state index in [-0.39, 0.29) is 83.3 Å². The second-order valence-corrected chi connectivity index (χ2v) is 20.5. The number of carbonyl (C=O) groups is 2. The zero-order valence-corrected chi connectivity index (χ0v) is 48.0. The van der Waals surface area contributed by atoms with E-state index in [0.717, 1.165) is 83.8 Å². The Labute approximate surface area is 511 Å². The van der Waals surface area contributed by atoms with Crippen LogP contribution in [0.3, 0.4) is 0 Å².